The van der Waals surface area contributed by atoms with Gasteiger partial charge in [-0.1, -0.05) is 18.2 Å². The first-order chi connectivity index (χ1) is 14.7. The van der Waals surface area contributed by atoms with Gasteiger partial charge in [-0.25, -0.2) is 4.98 Å². The van der Waals surface area contributed by atoms with Crippen LogP contribution < -0.4 is 19.7 Å². The standard InChI is InChI=1S/C22H24N4O3S/c1-28-19-9-8-16(14-20(19)29-2)23-22-24-18(15-30-22)21(27)26-12-10-25(11-13-26)17-6-4-3-5-7-17/h3-9,14-15H,10-13H2,1-2H3,(H,23,24). The lowest BCUT2D eigenvalue weighted by Crippen LogP contribution is -2.48. The Hall–Kier alpha value is -3.26. The summed E-state index contributed by atoms with van der Waals surface area (Å²) >= 11 is 1.41. The number of nitrogens with zero attached hydrogens (tertiary/aromatic N) is 3. The van der Waals surface area contributed by atoms with Crippen LogP contribution in [0.15, 0.2) is 53.9 Å². The quantitative estimate of drug-likeness (QED) is 0.648. The maximum absolute atomic E-state index is 12.9. The Bertz CT molecular complexity index is 1000. The van der Waals surface area contributed by atoms with Crippen molar-refractivity contribution in [1.29, 1.82) is 0 Å². The number of carbonyl (C=O) groups is 1. The second-order valence-corrected chi connectivity index (χ2v) is 7.71. The molecular formula is C22H24N4O3S. The van der Waals surface area contributed by atoms with Gasteiger partial charge in [-0.3, -0.25) is 4.79 Å². The van der Waals surface area contributed by atoms with Crippen molar-refractivity contribution in [3.8, 4) is 11.5 Å². The van der Waals surface area contributed by atoms with Crippen molar-refractivity contribution < 1.29 is 14.3 Å². The van der Waals surface area contributed by atoms with Gasteiger partial charge in [-0.2, -0.15) is 0 Å². The molecule has 0 aliphatic carbocycles. The second-order valence-electron chi connectivity index (χ2n) is 6.85. The smallest absolute Gasteiger partial charge is 0.273 e. The minimum atomic E-state index is -0.0284. The van der Waals surface area contributed by atoms with Gasteiger partial charge in [0.1, 0.15) is 5.69 Å². The minimum Gasteiger partial charge on any atom is -0.493 e. The summed E-state index contributed by atoms with van der Waals surface area (Å²) in [4.78, 5) is 21.5. The van der Waals surface area contributed by atoms with E-state index in [2.05, 4.69) is 27.3 Å². The van der Waals surface area contributed by atoms with Gasteiger partial charge in [0.15, 0.2) is 16.6 Å². The number of carbonyl (C=O) groups excluding carboxylic acids is 1. The summed E-state index contributed by atoms with van der Waals surface area (Å²) in [5.41, 5.74) is 2.48. The summed E-state index contributed by atoms with van der Waals surface area (Å²) in [7, 11) is 3.20. The molecule has 0 unspecified atom stereocenters. The Morgan fingerprint density at radius 1 is 1.00 bits per heavy atom. The van der Waals surface area contributed by atoms with E-state index < -0.39 is 0 Å². The lowest BCUT2D eigenvalue weighted by Gasteiger charge is -2.35. The van der Waals surface area contributed by atoms with Gasteiger partial charge in [0.05, 0.1) is 14.2 Å². The fourth-order valence-corrected chi connectivity index (χ4v) is 4.14. The molecule has 1 aliphatic heterocycles. The van der Waals surface area contributed by atoms with Crippen LogP contribution in [0.25, 0.3) is 0 Å². The largest absolute Gasteiger partial charge is 0.493 e. The summed E-state index contributed by atoms with van der Waals surface area (Å²) in [6.45, 7) is 3.00. The average Bonchev–Trinajstić information content (AvgIpc) is 3.27. The summed E-state index contributed by atoms with van der Waals surface area (Å²) in [6.07, 6.45) is 0. The first-order valence-corrected chi connectivity index (χ1v) is 10.6. The number of ether oxygens (including phenoxy) is 2. The van der Waals surface area contributed by atoms with Crippen LogP contribution in [0.3, 0.4) is 0 Å². The van der Waals surface area contributed by atoms with Gasteiger partial charge in [0, 0.05) is 49.0 Å². The van der Waals surface area contributed by atoms with Gasteiger partial charge in [0.2, 0.25) is 0 Å². The van der Waals surface area contributed by atoms with E-state index in [1.54, 1.807) is 19.6 Å². The Kier molecular flexibility index (Phi) is 6.04. The first kappa shape index (κ1) is 20.0. The van der Waals surface area contributed by atoms with E-state index in [0.29, 0.717) is 35.4 Å². The number of aromatic nitrogens is 1. The van der Waals surface area contributed by atoms with Gasteiger partial charge in [-0.15, -0.1) is 11.3 Å². The van der Waals surface area contributed by atoms with E-state index in [1.807, 2.05) is 41.3 Å². The van der Waals surface area contributed by atoms with Gasteiger partial charge >= 0.3 is 0 Å². The van der Waals surface area contributed by atoms with Crippen LogP contribution in [0.2, 0.25) is 0 Å². The predicted octanol–water partition coefficient (Wildman–Crippen LogP) is 3.87. The number of methoxy groups -OCH3 is 2. The molecular weight excluding hydrogens is 400 g/mol. The van der Waals surface area contributed by atoms with Crippen LogP contribution in [0.1, 0.15) is 10.5 Å². The van der Waals surface area contributed by atoms with Crippen LogP contribution in [0, 0.1) is 0 Å². The molecule has 1 aliphatic rings. The molecule has 0 atom stereocenters. The van der Waals surface area contributed by atoms with Crippen LogP contribution >= 0.6 is 11.3 Å². The topological polar surface area (TPSA) is 66.9 Å². The lowest BCUT2D eigenvalue weighted by atomic mass is 10.2. The van der Waals surface area contributed by atoms with Gasteiger partial charge in [-0.05, 0) is 24.3 Å². The molecule has 2 aromatic carbocycles. The Balaban J connectivity index is 1.38. The normalized spacial score (nSPS) is 13.8. The fourth-order valence-electron chi connectivity index (χ4n) is 3.44. The number of benzene rings is 2. The Labute approximate surface area is 179 Å². The number of para-hydroxylation sites is 1. The van der Waals surface area contributed by atoms with Crippen molar-refractivity contribution >= 4 is 33.8 Å². The molecule has 7 nitrogen and oxygen atoms in total. The zero-order valence-corrected chi connectivity index (χ0v) is 17.8. The van der Waals surface area contributed by atoms with Crippen LogP contribution in [-0.4, -0.2) is 56.2 Å². The van der Waals surface area contributed by atoms with Crippen LogP contribution in [-0.2, 0) is 0 Å². The zero-order valence-electron chi connectivity index (χ0n) is 17.0. The SMILES string of the molecule is COc1ccc(Nc2nc(C(=O)N3CCN(c4ccccc4)CC3)cs2)cc1OC. The Morgan fingerprint density at radius 3 is 2.43 bits per heavy atom. The number of piperazine rings is 1. The monoisotopic (exact) mass is 424 g/mol. The highest BCUT2D eigenvalue weighted by Crippen LogP contribution is 2.32. The van der Waals surface area contributed by atoms with Crippen molar-refractivity contribution in [3.63, 3.8) is 0 Å². The molecule has 0 spiro atoms. The lowest BCUT2D eigenvalue weighted by molar-refractivity contribution is 0.0742. The maximum atomic E-state index is 12.9. The number of hydrogen-bond acceptors (Lipinski definition) is 7. The molecule has 8 heteroatoms. The van der Waals surface area contributed by atoms with Crippen molar-refractivity contribution in [2.75, 3.05) is 50.6 Å². The molecule has 2 heterocycles. The summed E-state index contributed by atoms with van der Waals surface area (Å²) in [5, 5.41) is 5.69. The number of rotatable bonds is 6. The summed E-state index contributed by atoms with van der Waals surface area (Å²) < 4.78 is 10.6. The minimum absolute atomic E-state index is 0.0284. The van der Waals surface area contributed by atoms with Crippen LogP contribution in [0.5, 0.6) is 11.5 Å². The van der Waals surface area contributed by atoms with Crippen LogP contribution in [0.4, 0.5) is 16.5 Å². The highest BCUT2D eigenvalue weighted by Gasteiger charge is 2.24. The van der Waals surface area contributed by atoms with E-state index in [4.69, 9.17) is 9.47 Å². The average molecular weight is 425 g/mol. The highest BCUT2D eigenvalue weighted by molar-refractivity contribution is 7.14. The number of anilines is 3. The van der Waals surface area contributed by atoms with E-state index in [0.717, 1.165) is 18.8 Å². The number of hydrogen-bond donors (Lipinski definition) is 1. The molecule has 4 rings (SSSR count). The molecule has 1 amide bonds. The fraction of sp³-hybridized carbons (Fsp3) is 0.273. The third-order valence-corrected chi connectivity index (χ3v) is 5.80. The number of amides is 1. The molecule has 1 N–H and O–H groups in total. The van der Waals surface area contributed by atoms with Crippen molar-refractivity contribution in [1.82, 2.24) is 9.88 Å². The maximum Gasteiger partial charge on any atom is 0.273 e. The summed E-state index contributed by atoms with van der Waals surface area (Å²) in [5.74, 6) is 1.26. The van der Waals surface area contributed by atoms with Gasteiger partial charge in [0.25, 0.3) is 5.91 Å². The highest BCUT2D eigenvalue weighted by atomic mass is 32.1. The zero-order chi connectivity index (χ0) is 20.9. The summed E-state index contributed by atoms with van der Waals surface area (Å²) in [6, 6.07) is 15.8. The molecule has 1 fully saturated rings. The molecule has 1 aromatic heterocycles. The molecule has 0 saturated carbocycles. The molecule has 156 valence electrons. The van der Waals surface area contributed by atoms with Crippen molar-refractivity contribution in [2.45, 2.75) is 0 Å². The number of thiazole rings is 1. The van der Waals surface area contributed by atoms with Crippen molar-refractivity contribution in [2.24, 2.45) is 0 Å². The molecule has 0 bridgehead atoms. The van der Waals surface area contributed by atoms with E-state index in [1.165, 1.54) is 17.0 Å². The van der Waals surface area contributed by atoms with Gasteiger partial charge < -0.3 is 24.6 Å². The third-order valence-electron chi connectivity index (χ3n) is 5.05. The predicted molar refractivity (Wildman–Crippen MR) is 120 cm³/mol. The Morgan fingerprint density at radius 2 is 1.73 bits per heavy atom. The van der Waals surface area contributed by atoms with E-state index >= 15 is 0 Å². The molecule has 0 radical (unpaired) electrons. The molecule has 3 aromatic rings. The number of nitrogens with one attached hydrogen (secondary N) is 1. The van der Waals surface area contributed by atoms with Crippen molar-refractivity contribution in [3.05, 3.63) is 59.6 Å². The van der Waals surface area contributed by atoms with E-state index in [-0.39, 0.29) is 5.91 Å². The molecule has 30 heavy (non-hydrogen) atoms. The third kappa shape index (κ3) is 4.33. The first-order valence-electron chi connectivity index (χ1n) is 9.72. The molecule has 1 saturated heterocycles. The second kappa shape index (κ2) is 9.04. The van der Waals surface area contributed by atoms with E-state index in [9.17, 15) is 4.79 Å².